The largest absolute Gasteiger partial charge is 0.457 e. The molecule has 1 N–H and O–H groups in total. The van der Waals surface area contributed by atoms with E-state index >= 15 is 0 Å². The number of fused-ring (bicyclic) bond motifs is 5. The quantitative estimate of drug-likeness (QED) is 0.374. The second-order valence-electron chi connectivity index (χ2n) is 10.0. The van der Waals surface area contributed by atoms with Crippen LogP contribution in [0, 0.1) is 22.7 Å². The highest BCUT2D eigenvalue weighted by molar-refractivity contribution is 9.10. The summed E-state index contributed by atoms with van der Waals surface area (Å²) >= 11 is 3.15. The molecule has 0 aliphatic heterocycles. The van der Waals surface area contributed by atoms with Crippen LogP contribution in [0.5, 0.6) is 0 Å². The second kappa shape index (κ2) is 7.40. The molecule has 3 unspecified atom stereocenters. The number of esters is 1. The summed E-state index contributed by atoms with van der Waals surface area (Å²) < 4.78 is 5.12. The molecule has 0 spiro atoms. The molecule has 2 fully saturated rings. The molecule has 0 saturated heterocycles. The Kier molecular flexibility index (Phi) is 5.42. The van der Waals surface area contributed by atoms with Crippen LogP contribution < -0.4 is 0 Å². The third kappa shape index (κ3) is 3.09. The van der Waals surface area contributed by atoms with Crippen LogP contribution in [-0.4, -0.2) is 39.7 Å². The molecule has 0 bridgehead atoms. The summed E-state index contributed by atoms with van der Waals surface area (Å²) in [4.78, 5) is 36.3. The Morgan fingerprint density at radius 1 is 1.27 bits per heavy atom. The smallest absolute Gasteiger partial charge is 0.319 e. The van der Waals surface area contributed by atoms with Gasteiger partial charge in [-0.05, 0) is 63.4 Å². The molecule has 4 aliphatic carbocycles. The zero-order chi connectivity index (χ0) is 21.9. The first-order valence-corrected chi connectivity index (χ1v) is 12.0. The van der Waals surface area contributed by atoms with E-state index in [0.717, 1.165) is 25.7 Å². The van der Waals surface area contributed by atoms with Crippen molar-refractivity contribution in [1.29, 1.82) is 0 Å². The molecule has 6 heteroatoms. The van der Waals surface area contributed by atoms with E-state index in [1.165, 1.54) is 11.1 Å². The van der Waals surface area contributed by atoms with Gasteiger partial charge in [0.25, 0.3) is 0 Å². The number of hydrogen-bond donors (Lipinski definition) is 1. The van der Waals surface area contributed by atoms with Gasteiger partial charge in [-0.1, -0.05) is 47.0 Å². The molecule has 0 aromatic carbocycles. The highest BCUT2D eigenvalue weighted by Crippen LogP contribution is 2.65. The topological polar surface area (TPSA) is 80.7 Å². The lowest BCUT2D eigenvalue weighted by Gasteiger charge is -2.54. The third-order valence-electron chi connectivity index (χ3n) is 8.62. The van der Waals surface area contributed by atoms with Gasteiger partial charge in [0.2, 0.25) is 5.78 Å². The Labute approximate surface area is 186 Å². The van der Waals surface area contributed by atoms with Crippen molar-refractivity contribution in [2.45, 2.75) is 76.1 Å². The van der Waals surface area contributed by atoms with Crippen LogP contribution in [0.4, 0.5) is 0 Å². The number of carbonyl (C=O) groups excluding carboxylic acids is 3. The number of allylic oxidation sites excluding steroid dienone is 4. The van der Waals surface area contributed by atoms with Crippen molar-refractivity contribution in [3.8, 4) is 0 Å². The molecule has 5 nitrogen and oxygen atoms in total. The Hall–Kier alpha value is -1.27. The van der Waals surface area contributed by atoms with Gasteiger partial charge in [0.1, 0.15) is 10.4 Å². The third-order valence-corrected chi connectivity index (χ3v) is 8.99. The number of hydrogen-bond acceptors (Lipinski definition) is 5. The first-order chi connectivity index (χ1) is 14.0. The fourth-order valence-electron chi connectivity index (χ4n) is 6.70. The summed E-state index contributed by atoms with van der Waals surface area (Å²) in [7, 11) is 0. The summed E-state index contributed by atoms with van der Waals surface area (Å²) in [6.07, 6.45) is 9.25. The number of halogens is 1. The lowest BCUT2D eigenvalue weighted by molar-refractivity contribution is -0.163. The van der Waals surface area contributed by atoms with Gasteiger partial charge in [0.05, 0.1) is 0 Å². The van der Waals surface area contributed by atoms with E-state index in [9.17, 15) is 19.5 Å². The molecular weight excluding hydrogens is 448 g/mol. The Morgan fingerprint density at radius 3 is 2.70 bits per heavy atom. The number of alkyl halides is 1. The predicted molar refractivity (Wildman–Crippen MR) is 116 cm³/mol. The van der Waals surface area contributed by atoms with Gasteiger partial charge in [0.15, 0.2) is 12.4 Å². The number of Topliss-reactive ketones (excluding diaryl/α,β-unsaturated/α-hetero) is 1. The standard InChI is InChI=1S/C24H31BrO5/c1-14(25)21(28)30-13-20(27)24(29)11-8-19-17-5-4-15-12-16(26)6-9-22(15,2)18(17)7-10-23(19,24)3/h7,12,14,17,19,29H,4-6,8-11,13H2,1-3H3/t14?,17-,19+,22?,23?,24+/m1/s1. The van der Waals surface area contributed by atoms with Crippen molar-refractivity contribution in [2.75, 3.05) is 6.61 Å². The van der Waals surface area contributed by atoms with E-state index in [1.807, 2.05) is 13.0 Å². The number of ketones is 2. The fraction of sp³-hybridized carbons (Fsp3) is 0.708. The number of rotatable bonds is 4. The molecule has 0 aromatic heterocycles. The number of aliphatic hydroxyl groups is 1. The minimum atomic E-state index is -1.48. The van der Waals surface area contributed by atoms with Crippen molar-refractivity contribution < 1.29 is 24.2 Å². The zero-order valence-corrected chi connectivity index (χ0v) is 19.6. The lowest BCUT2D eigenvalue weighted by Crippen LogP contribution is -2.55. The van der Waals surface area contributed by atoms with Crippen molar-refractivity contribution in [3.05, 3.63) is 23.3 Å². The molecule has 4 aliphatic rings. The summed E-state index contributed by atoms with van der Waals surface area (Å²) in [6.45, 7) is 5.55. The summed E-state index contributed by atoms with van der Waals surface area (Å²) in [5.41, 5.74) is 0.558. The van der Waals surface area contributed by atoms with Gasteiger partial charge in [-0.15, -0.1) is 0 Å². The van der Waals surface area contributed by atoms with Crippen LogP contribution in [0.15, 0.2) is 23.3 Å². The average Bonchev–Trinajstić information content (AvgIpc) is 2.98. The van der Waals surface area contributed by atoms with E-state index in [2.05, 4.69) is 28.9 Å². The van der Waals surface area contributed by atoms with E-state index in [0.29, 0.717) is 25.2 Å². The Morgan fingerprint density at radius 2 is 2.00 bits per heavy atom. The summed E-state index contributed by atoms with van der Waals surface area (Å²) in [6, 6.07) is 0. The molecule has 4 rings (SSSR count). The molecule has 0 heterocycles. The van der Waals surface area contributed by atoms with Crippen LogP contribution in [0.3, 0.4) is 0 Å². The SMILES string of the molecule is CC(Br)C(=O)OCC(=O)[C@@]1(O)CC[C@H]2[C@@H]3CCC4=CC(=O)CCC4(C)C3=CCC21C. The molecule has 0 radical (unpaired) electrons. The predicted octanol–water partition coefficient (Wildman–Crippen LogP) is 4.07. The normalized spacial score (nSPS) is 41.0. The maximum Gasteiger partial charge on any atom is 0.319 e. The highest BCUT2D eigenvalue weighted by Gasteiger charge is 2.64. The summed E-state index contributed by atoms with van der Waals surface area (Å²) in [5.74, 6) is -0.116. The highest BCUT2D eigenvalue weighted by atomic mass is 79.9. The van der Waals surface area contributed by atoms with Gasteiger partial charge in [-0.2, -0.15) is 0 Å². The van der Waals surface area contributed by atoms with Crippen molar-refractivity contribution in [2.24, 2.45) is 22.7 Å². The van der Waals surface area contributed by atoms with Crippen LogP contribution in [0.25, 0.3) is 0 Å². The second-order valence-corrected chi connectivity index (χ2v) is 11.4. The van der Waals surface area contributed by atoms with Crippen LogP contribution >= 0.6 is 15.9 Å². The molecule has 6 atom stereocenters. The number of ether oxygens (including phenoxy) is 1. The zero-order valence-electron chi connectivity index (χ0n) is 18.0. The number of carbonyl (C=O) groups is 3. The minimum absolute atomic E-state index is 0.0651. The fourth-order valence-corrected chi connectivity index (χ4v) is 6.83. The van der Waals surface area contributed by atoms with Crippen LogP contribution in [0.1, 0.15) is 65.7 Å². The molecular formula is C24H31BrO5. The average molecular weight is 479 g/mol. The molecule has 164 valence electrons. The Balaban J connectivity index is 1.61. The summed E-state index contributed by atoms with van der Waals surface area (Å²) in [5, 5.41) is 11.5. The lowest BCUT2D eigenvalue weighted by atomic mass is 9.50. The van der Waals surface area contributed by atoms with E-state index < -0.39 is 27.6 Å². The van der Waals surface area contributed by atoms with Crippen molar-refractivity contribution in [1.82, 2.24) is 0 Å². The van der Waals surface area contributed by atoms with E-state index in [-0.39, 0.29) is 23.7 Å². The monoisotopic (exact) mass is 478 g/mol. The van der Waals surface area contributed by atoms with E-state index in [4.69, 9.17) is 4.74 Å². The van der Waals surface area contributed by atoms with Crippen molar-refractivity contribution in [3.63, 3.8) is 0 Å². The minimum Gasteiger partial charge on any atom is -0.457 e. The molecule has 30 heavy (non-hydrogen) atoms. The maximum absolute atomic E-state index is 13.0. The van der Waals surface area contributed by atoms with Gasteiger partial charge in [-0.3, -0.25) is 14.4 Å². The Bertz CT molecular complexity index is 858. The van der Waals surface area contributed by atoms with E-state index in [1.54, 1.807) is 6.92 Å². The van der Waals surface area contributed by atoms with Gasteiger partial charge in [0, 0.05) is 17.3 Å². The van der Waals surface area contributed by atoms with Gasteiger partial charge >= 0.3 is 5.97 Å². The van der Waals surface area contributed by atoms with Crippen LogP contribution in [0.2, 0.25) is 0 Å². The molecule has 0 amide bonds. The first-order valence-electron chi connectivity index (χ1n) is 11.0. The van der Waals surface area contributed by atoms with Crippen LogP contribution in [-0.2, 0) is 19.1 Å². The van der Waals surface area contributed by atoms with Crippen molar-refractivity contribution >= 4 is 33.5 Å². The molecule has 2 saturated carbocycles. The molecule has 0 aromatic rings. The van der Waals surface area contributed by atoms with Gasteiger partial charge in [-0.25, -0.2) is 0 Å². The maximum atomic E-state index is 13.0. The first kappa shape index (κ1) is 21.9. The van der Waals surface area contributed by atoms with Gasteiger partial charge < -0.3 is 9.84 Å².